The van der Waals surface area contributed by atoms with E-state index in [-0.39, 0.29) is 18.9 Å². The number of carbonyl (C=O) groups excluding carboxylic acids is 2. The fraction of sp³-hybridized carbons (Fsp3) is 0.300. The number of hydrogen-bond donors (Lipinski definition) is 1. The van der Waals surface area contributed by atoms with Crippen LogP contribution >= 0.6 is 15.9 Å². The zero-order valence-corrected chi connectivity index (χ0v) is 16.6. The summed E-state index contributed by atoms with van der Waals surface area (Å²) in [7, 11) is 0. The molecule has 26 heavy (non-hydrogen) atoms. The molecule has 0 unspecified atom stereocenters. The molecule has 2 aromatic carbocycles. The Bertz CT molecular complexity index is 774. The minimum absolute atomic E-state index is 0.0727. The Morgan fingerprint density at radius 1 is 1.12 bits per heavy atom. The molecule has 0 radical (unpaired) electrons. The molecule has 1 atom stereocenters. The SMILES string of the molecule is Cc1ccc(C)c(OCCC(=O)O[C@@H](C)C(=O)Nc2ccc(Br)cc2)c1. The molecule has 1 N–H and O–H groups in total. The largest absolute Gasteiger partial charge is 0.493 e. The molecule has 0 saturated carbocycles. The monoisotopic (exact) mass is 419 g/mol. The molecule has 2 aromatic rings. The molecule has 0 aromatic heterocycles. The van der Waals surface area contributed by atoms with Gasteiger partial charge in [0.25, 0.3) is 5.91 Å². The topological polar surface area (TPSA) is 64.6 Å². The lowest BCUT2D eigenvalue weighted by Crippen LogP contribution is -2.30. The second-order valence-corrected chi connectivity index (χ2v) is 6.91. The van der Waals surface area contributed by atoms with Gasteiger partial charge < -0.3 is 14.8 Å². The van der Waals surface area contributed by atoms with Crippen LogP contribution in [0.4, 0.5) is 5.69 Å². The van der Waals surface area contributed by atoms with Crippen LogP contribution in [0, 0.1) is 13.8 Å². The first kappa shape index (κ1) is 20.0. The summed E-state index contributed by atoms with van der Waals surface area (Å²) in [6.45, 7) is 5.66. The number of nitrogens with one attached hydrogen (secondary N) is 1. The molecule has 0 aliphatic heterocycles. The molecule has 0 saturated heterocycles. The second kappa shape index (κ2) is 9.38. The quantitative estimate of drug-likeness (QED) is 0.675. The van der Waals surface area contributed by atoms with E-state index < -0.39 is 12.1 Å². The highest BCUT2D eigenvalue weighted by atomic mass is 79.9. The van der Waals surface area contributed by atoms with Crippen LogP contribution < -0.4 is 10.1 Å². The lowest BCUT2D eigenvalue weighted by atomic mass is 10.1. The van der Waals surface area contributed by atoms with Gasteiger partial charge in [-0.3, -0.25) is 9.59 Å². The average molecular weight is 420 g/mol. The number of benzene rings is 2. The summed E-state index contributed by atoms with van der Waals surface area (Å²) in [4.78, 5) is 24.0. The summed E-state index contributed by atoms with van der Waals surface area (Å²) >= 11 is 3.33. The van der Waals surface area contributed by atoms with Crippen molar-refractivity contribution in [3.8, 4) is 5.75 Å². The van der Waals surface area contributed by atoms with E-state index in [1.165, 1.54) is 6.92 Å². The molecule has 6 heteroatoms. The van der Waals surface area contributed by atoms with Crippen LogP contribution in [-0.4, -0.2) is 24.6 Å². The van der Waals surface area contributed by atoms with Gasteiger partial charge in [0, 0.05) is 10.2 Å². The van der Waals surface area contributed by atoms with E-state index in [9.17, 15) is 9.59 Å². The van der Waals surface area contributed by atoms with Crippen molar-refractivity contribution in [2.75, 3.05) is 11.9 Å². The van der Waals surface area contributed by atoms with Crippen LogP contribution in [0.3, 0.4) is 0 Å². The lowest BCUT2D eigenvalue weighted by molar-refractivity contribution is -0.153. The zero-order valence-electron chi connectivity index (χ0n) is 15.0. The summed E-state index contributed by atoms with van der Waals surface area (Å²) in [6.07, 6.45) is -0.810. The number of aryl methyl sites for hydroxylation is 2. The fourth-order valence-electron chi connectivity index (χ4n) is 2.19. The molecule has 0 aliphatic rings. The smallest absolute Gasteiger partial charge is 0.310 e. The molecule has 0 spiro atoms. The Balaban J connectivity index is 1.76. The summed E-state index contributed by atoms with van der Waals surface area (Å²) < 4.78 is 11.7. The van der Waals surface area contributed by atoms with Gasteiger partial charge in [0.2, 0.25) is 0 Å². The molecular weight excluding hydrogens is 398 g/mol. The van der Waals surface area contributed by atoms with Crippen molar-refractivity contribution in [2.45, 2.75) is 33.3 Å². The number of ether oxygens (including phenoxy) is 2. The van der Waals surface area contributed by atoms with E-state index in [1.807, 2.05) is 44.2 Å². The van der Waals surface area contributed by atoms with Crippen LogP contribution in [0.5, 0.6) is 5.75 Å². The van der Waals surface area contributed by atoms with E-state index in [2.05, 4.69) is 21.2 Å². The number of rotatable bonds is 7. The van der Waals surface area contributed by atoms with Crippen molar-refractivity contribution >= 4 is 33.5 Å². The third-order valence-electron chi connectivity index (χ3n) is 3.70. The third kappa shape index (κ3) is 6.19. The maximum absolute atomic E-state index is 12.1. The summed E-state index contributed by atoms with van der Waals surface area (Å²) in [5.74, 6) is -0.108. The Kier molecular flexibility index (Phi) is 7.21. The van der Waals surface area contributed by atoms with E-state index in [1.54, 1.807) is 12.1 Å². The first-order valence-corrected chi connectivity index (χ1v) is 9.10. The maximum Gasteiger partial charge on any atom is 0.310 e. The molecular formula is C20H22BrNO4. The highest BCUT2D eigenvalue weighted by Crippen LogP contribution is 2.19. The van der Waals surface area contributed by atoms with Gasteiger partial charge in [-0.2, -0.15) is 0 Å². The van der Waals surface area contributed by atoms with Gasteiger partial charge in [-0.1, -0.05) is 28.1 Å². The normalized spacial score (nSPS) is 11.5. The molecule has 0 bridgehead atoms. The Morgan fingerprint density at radius 2 is 1.81 bits per heavy atom. The third-order valence-corrected chi connectivity index (χ3v) is 4.23. The maximum atomic E-state index is 12.1. The van der Waals surface area contributed by atoms with E-state index in [0.29, 0.717) is 5.69 Å². The molecule has 2 rings (SSSR count). The number of amides is 1. The van der Waals surface area contributed by atoms with Gasteiger partial charge in [-0.25, -0.2) is 0 Å². The van der Waals surface area contributed by atoms with Gasteiger partial charge >= 0.3 is 5.97 Å². The van der Waals surface area contributed by atoms with Crippen LogP contribution in [0.1, 0.15) is 24.5 Å². The van der Waals surface area contributed by atoms with Crippen LogP contribution in [0.2, 0.25) is 0 Å². The molecule has 0 fully saturated rings. The van der Waals surface area contributed by atoms with E-state index in [4.69, 9.17) is 9.47 Å². The first-order chi connectivity index (χ1) is 12.3. The molecule has 0 heterocycles. The molecule has 138 valence electrons. The highest BCUT2D eigenvalue weighted by Gasteiger charge is 2.18. The molecule has 1 amide bonds. The van der Waals surface area contributed by atoms with Crippen LogP contribution in [0.25, 0.3) is 0 Å². The number of carbonyl (C=O) groups is 2. The predicted octanol–water partition coefficient (Wildman–Crippen LogP) is 4.41. The van der Waals surface area contributed by atoms with Gasteiger partial charge in [-0.15, -0.1) is 0 Å². The van der Waals surface area contributed by atoms with Crippen molar-refractivity contribution in [1.29, 1.82) is 0 Å². The van der Waals surface area contributed by atoms with Gasteiger partial charge in [0.05, 0.1) is 13.0 Å². The van der Waals surface area contributed by atoms with Crippen LogP contribution in [-0.2, 0) is 14.3 Å². The summed E-state index contributed by atoms with van der Waals surface area (Å²) in [5.41, 5.74) is 2.73. The molecule has 5 nitrogen and oxygen atoms in total. The Labute approximate surface area is 161 Å². The van der Waals surface area contributed by atoms with Gasteiger partial charge in [0.1, 0.15) is 5.75 Å². The van der Waals surface area contributed by atoms with E-state index in [0.717, 1.165) is 21.3 Å². The molecule has 0 aliphatic carbocycles. The Morgan fingerprint density at radius 3 is 2.50 bits per heavy atom. The van der Waals surface area contributed by atoms with Crippen molar-refractivity contribution in [3.05, 3.63) is 58.1 Å². The zero-order chi connectivity index (χ0) is 19.1. The van der Waals surface area contributed by atoms with Crippen LogP contribution in [0.15, 0.2) is 46.9 Å². The second-order valence-electron chi connectivity index (χ2n) is 6.00. The summed E-state index contributed by atoms with van der Waals surface area (Å²) in [5, 5.41) is 2.70. The number of esters is 1. The van der Waals surface area contributed by atoms with Crippen molar-refractivity contribution in [2.24, 2.45) is 0 Å². The van der Waals surface area contributed by atoms with Gasteiger partial charge in [0.15, 0.2) is 6.10 Å². The standard InChI is InChI=1S/C20H22BrNO4/c1-13-4-5-14(2)18(12-13)25-11-10-19(23)26-15(3)20(24)22-17-8-6-16(21)7-9-17/h4-9,12,15H,10-11H2,1-3H3,(H,22,24)/t15-/m0/s1. The van der Waals surface area contributed by atoms with Gasteiger partial charge in [-0.05, 0) is 62.2 Å². The Hall–Kier alpha value is -2.34. The van der Waals surface area contributed by atoms with Crippen molar-refractivity contribution in [1.82, 2.24) is 0 Å². The van der Waals surface area contributed by atoms with Crippen molar-refractivity contribution in [3.63, 3.8) is 0 Å². The summed E-state index contributed by atoms with van der Waals surface area (Å²) in [6, 6.07) is 13.0. The number of hydrogen-bond acceptors (Lipinski definition) is 4. The predicted molar refractivity (Wildman–Crippen MR) is 104 cm³/mol. The minimum Gasteiger partial charge on any atom is -0.493 e. The lowest BCUT2D eigenvalue weighted by Gasteiger charge is -2.14. The van der Waals surface area contributed by atoms with E-state index >= 15 is 0 Å². The first-order valence-electron chi connectivity index (χ1n) is 8.31. The number of halogens is 1. The highest BCUT2D eigenvalue weighted by molar-refractivity contribution is 9.10. The fourth-order valence-corrected chi connectivity index (χ4v) is 2.46. The number of anilines is 1. The minimum atomic E-state index is -0.883. The van der Waals surface area contributed by atoms with Crippen molar-refractivity contribution < 1.29 is 19.1 Å². The average Bonchev–Trinajstić information content (AvgIpc) is 2.59.